The minimum absolute atomic E-state index is 0.185. The number of fused-ring (bicyclic) bond motifs is 2. The molecule has 0 bridgehead atoms. The Labute approximate surface area is 151 Å². The number of halogens is 1. The average molecular weight is 370 g/mol. The molecule has 0 saturated heterocycles. The molecule has 124 valence electrons. The zero-order valence-corrected chi connectivity index (χ0v) is 14.7. The Morgan fingerprint density at radius 3 is 2.92 bits per heavy atom. The summed E-state index contributed by atoms with van der Waals surface area (Å²) >= 11 is 7.18. The molecule has 5 nitrogen and oxygen atoms in total. The number of rotatable bonds is 2. The highest BCUT2D eigenvalue weighted by Crippen LogP contribution is 2.25. The van der Waals surface area contributed by atoms with Gasteiger partial charge in [-0.2, -0.15) is 0 Å². The predicted molar refractivity (Wildman–Crippen MR) is 101 cm³/mol. The molecule has 7 heteroatoms. The Hall–Kier alpha value is -2.70. The zero-order valence-electron chi connectivity index (χ0n) is 13.1. The molecule has 0 spiro atoms. The first-order valence-corrected chi connectivity index (χ1v) is 8.71. The lowest BCUT2D eigenvalue weighted by Crippen LogP contribution is -2.14. The van der Waals surface area contributed by atoms with E-state index in [1.165, 1.54) is 15.7 Å². The molecule has 0 saturated carbocycles. The number of nitrogens with zero attached hydrogens (tertiary/aromatic N) is 2. The van der Waals surface area contributed by atoms with Gasteiger partial charge in [0.15, 0.2) is 0 Å². The highest BCUT2D eigenvalue weighted by Gasteiger charge is 2.15. The number of carbonyl (C=O) groups is 1. The summed E-state index contributed by atoms with van der Waals surface area (Å²) in [6, 6.07) is 12.2. The number of aromatic nitrogens is 2. The van der Waals surface area contributed by atoms with Crippen molar-refractivity contribution in [1.82, 2.24) is 9.38 Å². The lowest BCUT2D eigenvalue weighted by molar-refractivity contribution is 0.103. The molecule has 0 unspecified atom stereocenters. The molecule has 1 amide bonds. The van der Waals surface area contributed by atoms with Crippen molar-refractivity contribution in [3.63, 3.8) is 0 Å². The number of pyridine rings is 1. The molecule has 0 aliphatic rings. The first-order chi connectivity index (χ1) is 12.0. The predicted octanol–water partition coefficient (Wildman–Crippen LogP) is 4.12. The SMILES string of the molecule is Cc1ccc(Cl)cc1NC(=O)c1cc2c(=O)n3ccccc3nc2s1. The monoisotopic (exact) mass is 369 g/mol. The number of benzene rings is 1. The van der Waals surface area contributed by atoms with Crippen LogP contribution in [-0.4, -0.2) is 15.3 Å². The van der Waals surface area contributed by atoms with Gasteiger partial charge in [0.25, 0.3) is 11.5 Å². The van der Waals surface area contributed by atoms with Crippen LogP contribution in [0, 0.1) is 6.92 Å². The van der Waals surface area contributed by atoms with E-state index in [0.717, 1.165) is 5.56 Å². The first-order valence-electron chi connectivity index (χ1n) is 7.51. The van der Waals surface area contributed by atoms with Gasteiger partial charge in [0.1, 0.15) is 10.5 Å². The summed E-state index contributed by atoms with van der Waals surface area (Å²) in [6.45, 7) is 1.89. The largest absolute Gasteiger partial charge is 0.321 e. The van der Waals surface area contributed by atoms with E-state index in [2.05, 4.69) is 10.3 Å². The summed E-state index contributed by atoms with van der Waals surface area (Å²) in [5.41, 5.74) is 1.92. The van der Waals surface area contributed by atoms with Crippen molar-refractivity contribution in [3.05, 3.63) is 74.5 Å². The number of anilines is 1. The summed E-state index contributed by atoms with van der Waals surface area (Å²) < 4.78 is 1.47. The van der Waals surface area contributed by atoms with Crippen LogP contribution in [0.1, 0.15) is 15.2 Å². The first kappa shape index (κ1) is 15.8. The molecular formula is C18H12ClN3O2S. The second kappa shape index (κ2) is 5.98. The van der Waals surface area contributed by atoms with Crippen molar-refractivity contribution >= 4 is 50.4 Å². The van der Waals surface area contributed by atoms with E-state index in [9.17, 15) is 9.59 Å². The fourth-order valence-electron chi connectivity index (χ4n) is 2.57. The van der Waals surface area contributed by atoms with Gasteiger partial charge >= 0.3 is 0 Å². The molecular weight excluding hydrogens is 358 g/mol. The third kappa shape index (κ3) is 2.79. The molecule has 0 aliphatic heterocycles. The van der Waals surface area contributed by atoms with Crippen LogP contribution in [0.3, 0.4) is 0 Å². The molecule has 3 heterocycles. The maximum absolute atomic E-state index is 12.6. The summed E-state index contributed by atoms with van der Waals surface area (Å²) in [4.78, 5) is 30.6. The molecule has 1 aromatic carbocycles. The highest BCUT2D eigenvalue weighted by molar-refractivity contribution is 7.20. The van der Waals surface area contributed by atoms with Crippen LogP contribution in [0.15, 0.2) is 53.5 Å². The van der Waals surface area contributed by atoms with Gasteiger partial charge < -0.3 is 5.32 Å². The second-order valence-electron chi connectivity index (χ2n) is 5.59. The van der Waals surface area contributed by atoms with Crippen molar-refractivity contribution in [2.45, 2.75) is 6.92 Å². The van der Waals surface area contributed by atoms with Crippen molar-refractivity contribution in [2.75, 3.05) is 5.32 Å². The topological polar surface area (TPSA) is 63.5 Å². The van der Waals surface area contributed by atoms with Gasteiger partial charge in [-0.15, -0.1) is 11.3 Å². The van der Waals surface area contributed by atoms with Gasteiger partial charge in [-0.1, -0.05) is 23.7 Å². The summed E-state index contributed by atoms with van der Waals surface area (Å²) in [5.74, 6) is -0.290. The van der Waals surface area contributed by atoms with Gasteiger partial charge in [-0.25, -0.2) is 4.98 Å². The van der Waals surface area contributed by atoms with Gasteiger partial charge in [-0.05, 0) is 42.8 Å². The van der Waals surface area contributed by atoms with Crippen LogP contribution in [0.5, 0.6) is 0 Å². The Morgan fingerprint density at radius 1 is 1.24 bits per heavy atom. The summed E-state index contributed by atoms with van der Waals surface area (Å²) in [6.07, 6.45) is 1.66. The smallest absolute Gasteiger partial charge is 0.266 e. The number of thiophene rings is 1. The van der Waals surface area contributed by atoms with Crippen LogP contribution in [0.25, 0.3) is 15.9 Å². The molecule has 0 aliphatic carbocycles. The summed E-state index contributed by atoms with van der Waals surface area (Å²) in [5, 5.41) is 3.82. The van der Waals surface area contributed by atoms with Gasteiger partial charge in [0, 0.05) is 16.9 Å². The standard InChI is InChI=1S/C18H12ClN3O2S/c1-10-5-6-11(19)8-13(10)20-16(23)14-9-12-17(25-14)21-15-4-2-3-7-22(15)18(12)24/h2-9H,1H3,(H,20,23). The highest BCUT2D eigenvalue weighted by atomic mass is 35.5. The fourth-order valence-corrected chi connectivity index (χ4v) is 3.67. The number of aryl methyl sites for hydroxylation is 1. The number of hydrogen-bond donors (Lipinski definition) is 1. The Bertz CT molecular complexity index is 1200. The Kier molecular flexibility index (Phi) is 3.78. The van der Waals surface area contributed by atoms with E-state index in [4.69, 9.17) is 11.6 Å². The van der Waals surface area contributed by atoms with E-state index in [-0.39, 0.29) is 11.5 Å². The van der Waals surface area contributed by atoms with Crippen LogP contribution < -0.4 is 10.9 Å². The van der Waals surface area contributed by atoms with E-state index in [1.807, 2.05) is 19.1 Å². The number of nitrogens with one attached hydrogen (secondary N) is 1. The van der Waals surface area contributed by atoms with Crippen LogP contribution >= 0.6 is 22.9 Å². The van der Waals surface area contributed by atoms with E-state index in [0.29, 0.717) is 31.5 Å². The van der Waals surface area contributed by atoms with Crippen LogP contribution in [-0.2, 0) is 0 Å². The molecule has 0 fully saturated rings. The molecule has 0 atom stereocenters. The second-order valence-corrected chi connectivity index (χ2v) is 7.06. The van der Waals surface area contributed by atoms with Crippen molar-refractivity contribution in [2.24, 2.45) is 0 Å². The maximum atomic E-state index is 12.6. The third-order valence-corrected chi connectivity index (χ3v) is 5.15. The van der Waals surface area contributed by atoms with Crippen molar-refractivity contribution in [3.8, 4) is 0 Å². The molecule has 25 heavy (non-hydrogen) atoms. The normalized spacial score (nSPS) is 11.1. The molecule has 4 rings (SSSR count). The maximum Gasteiger partial charge on any atom is 0.266 e. The summed E-state index contributed by atoms with van der Waals surface area (Å²) in [7, 11) is 0. The van der Waals surface area contributed by atoms with Crippen molar-refractivity contribution in [1.29, 1.82) is 0 Å². The molecule has 1 N–H and O–H groups in total. The van der Waals surface area contributed by atoms with E-state index < -0.39 is 0 Å². The van der Waals surface area contributed by atoms with Gasteiger partial charge in [0.05, 0.1) is 10.3 Å². The lowest BCUT2D eigenvalue weighted by atomic mass is 10.2. The van der Waals surface area contributed by atoms with Crippen LogP contribution in [0.4, 0.5) is 5.69 Å². The van der Waals surface area contributed by atoms with E-state index in [1.54, 1.807) is 36.5 Å². The third-order valence-electron chi connectivity index (χ3n) is 3.89. The van der Waals surface area contributed by atoms with Crippen molar-refractivity contribution < 1.29 is 4.79 Å². The van der Waals surface area contributed by atoms with Gasteiger partial charge in [0.2, 0.25) is 0 Å². The quantitative estimate of drug-likeness (QED) is 0.578. The minimum atomic E-state index is -0.290. The van der Waals surface area contributed by atoms with Crippen LogP contribution in [0.2, 0.25) is 5.02 Å². The molecule has 4 aromatic rings. The number of carbonyl (C=O) groups excluding carboxylic acids is 1. The molecule has 0 radical (unpaired) electrons. The lowest BCUT2D eigenvalue weighted by Gasteiger charge is -2.07. The number of hydrogen-bond acceptors (Lipinski definition) is 4. The Balaban J connectivity index is 1.77. The van der Waals surface area contributed by atoms with E-state index >= 15 is 0 Å². The van der Waals surface area contributed by atoms with Gasteiger partial charge in [-0.3, -0.25) is 14.0 Å². The fraction of sp³-hybridized carbons (Fsp3) is 0.0556. The number of amides is 1. The minimum Gasteiger partial charge on any atom is -0.321 e. The Morgan fingerprint density at radius 2 is 2.08 bits per heavy atom. The zero-order chi connectivity index (χ0) is 17.6. The average Bonchev–Trinajstić information content (AvgIpc) is 3.03. The molecule has 3 aromatic heterocycles.